The molecule has 1 aliphatic carbocycles. The van der Waals surface area contributed by atoms with Crippen LogP contribution in [0.4, 0.5) is 4.79 Å². The fraction of sp³-hybridized carbons (Fsp3) is 0.650. The highest BCUT2D eigenvalue weighted by molar-refractivity contribution is 5.70. The Morgan fingerprint density at radius 2 is 1.96 bits per heavy atom. The Kier molecular flexibility index (Phi) is 5.07. The van der Waals surface area contributed by atoms with E-state index in [0.29, 0.717) is 19.8 Å². The number of hydrogen-bond acceptors (Lipinski definition) is 4. The van der Waals surface area contributed by atoms with Crippen LogP contribution in [0.25, 0.3) is 0 Å². The van der Waals surface area contributed by atoms with E-state index >= 15 is 0 Å². The van der Waals surface area contributed by atoms with Gasteiger partial charge in [0.1, 0.15) is 5.60 Å². The van der Waals surface area contributed by atoms with Crippen LogP contribution in [0.3, 0.4) is 0 Å². The Morgan fingerprint density at radius 3 is 2.60 bits per heavy atom. The van der Waals surface area contributed by atoms with Gasteiger partial charge in [-0.3, -0.25) is 4.90 Å². The number of rotatable bonds is 3. The van der Waals surface area contributed by atoms with Gasteiger partial charge in [0.05, 0.1) is 37.5 Å². The summed E-state index contributed by atoms with van der Waals surface area (Å²) in [5.41, 5.74) is 0.393. The molecule has 0 radical (unpaired) electrons. The minimum absolute atomic E-state index is 0.0300. The van der Waals surface area contributed by atoms with Crippen molar-refractivity contribution in [1.29, 1.82) is 0 Å². The van der Waals surface area contributed by atoms with Crippen LogP contribution in [0, 0.1) is 0 Å². The van der Waals surface area contributed by atoms with Crippen molar-refractivity contribution in [2.75, 3.05) is 13.2 Å². The Morgan fingerprint density at radius 1 is 1.28 bits per heavy atom. The second kappa shape index (κ2) is 6.96. The van der Waals surface area contributed by atoms with Gasteiger partial charge in [0.15, 0.2) is 0 Å². The highest BCUT2D eigenvalue weighted by Crippen LogP contribution is 2.43. The predicted octanol–water partition coefficient (Wildman–Crippen LogP) is 3.76. The van der Waals surface area contributed by atoms with E-state index in [9.17, 15) is 4.79 Å². The van der Waals surface area contributed by atoms with Gasteiger partial charge in [-0.1, -0.05) is 30.3 Å². The normalized spacial score (nSPS) is 29.4. The quantitative estimate of drug-likeness (QED) is 0.835. The van der Waals surface area contributed by atoms with Gasteiger partial charge < -0.3 is 14.2 Å². The zero-order valence-electron chi connectivity index (χ0n) is 15.7. The van der Waals surface area contributed by atoms with Crippen molar-refractivity contribution < 1.29 is 19.0 Å². The molecule has 1 spiro atoms. The molecule has 138 valence electrons. The molecule has 1 aliphatic heterocycles. The Balaban J connectivity index is 1.59. The monoisotopic (exact) mass is 347 g/mol. The van der Waals surface area contributed by atoms with Gasteiger partial charge in [-0.15, -0.1) is 0 Å². The summed E-state index contributed by atoms with van der Waals surface area (Å²) in [6.45, 7) is 9.41. The van der Waals surface area contributed by atoms with Crippen LogP contribution in [-0.2, 0) is 20.8 Å². The Hall–Kier alpha value is -1.59. The van der Waals surface area contributed by atoms with Crippen molar-refractivity contribution in [3.05, 3.63) is 35.9 Å². The summed E-state index contributed by atoms with van der Waals surface area (Å²) in [6, 6.07) is 10.2. The topological polar surface area (TPSA) is 48.0 Å². The summed E-state index contributed by atoms with van der Waals surface area (Å²) in [7, 11) is 0. The summed E-state index contributed by atoms with van der Waals surface area (Å²) in [6.07, 6.45) is 1.53. The molecule has 0 N–H and O–H groups in total. The van der Waals surface area contributed by atoms with Gasteiger partial charge in [0.2, 0.25) is 0 Å². The van der Waals surface area contributed by atoms with Gasteiger partial charge in [-0.25, -0.2) is 4.79 Å². The highest BCUT2D eigenvalue weighted by atomic mass is 16.6. The maximum absolute atomic E-state index is 12.7. The first kappa shape index (κ1) is 18.2. The zero-order chi connectivity index (χ0) is 18.1. The van der Waals surface area contributed by atoms with E-state index in [1.54, 1.807) is 0 Å². The average molecular weight is 347 g/mol. The SMILES string of the molecule is CC1CN(C(=O)OC(C)(C)C)[C@]2(CO1)C[C@H](OCc1ccccc1)C2. The molecule has 25 heavy (non-hydrogen) atoms. The van der Waals surface area contributed by atoms with Crippen molar-refractivity contribution in [3.63, 3.8) is 0 Å². The molecule has 1 heterocycles. The number of amides is 1. The van der Waals surface area contributed by atoms with Gasteiger partial charge in [-0.2, -0.15) is 0 Å². The first-order chi connectivity index (χ1) is 11.8. The van der Waals surface area contributed by atoms with E-state index in [4.69, 9.17) is 14.2 Å². The number of carbonyl (C=O) groups is 1. The van der Waals surface area contributed by atoms with Gasteiger partial charge in [-0.05, 0) is 46.1 Å². The number of nitrogens with zero attached hydrogens (tertiary/aromatic N) is 1. The number of ether oxygens (including phenoxy) is 3. The molecule has 5 heteroatoms. The molecule has 1 saturated heterocycles. The molecule has 1 atom stereocenters. The third-order valence-corrected chi connectivity index (χ3v) is 4.81. The molecular weight excluding hydrogens is 318 g/mol. The molecule has 2 fully saturated rings. The highest BCUT2D eigenvalue weighted by Gasteiger charge is 2.54. The van der Waals surface area contributed by atoms with Crippen molar-refractivity contribution in [1.82, 2.24) is 4.90 Å². The van der Waals surface area contributed by atoms with Crippen LogP contribution in [0.15, 0.2) is 30.3 Å². The van der Waals surface area contributed by atoms with Crippen LogP contribution >= 0.6 is 0 Å². The maximum atomic E-state index is 12.7. The molecule has 1 aromatic carbocycles. The number of carbonyl (C=O) groups excluding carboxylic acids is 1. The Bertz CT molecular complexity index is 589. The first-order valence-electron chi connectivity index (χ1n) is 9.05. The van der Waals surface area contributed by atoms with Gasteiger partial charge in [0, 0.05) is 0 Å². The molecule has 1 amide bonds. The Labute approximate surface area is 150 Å². The van der Waals surface area contributed by atoms with Crippen LogP contribution in [0.2, 0.25) is 0 Å². The lowest BCUT2D eigenvalue weighted by Crippen LogP contribution is -2.68. The van der Waals surface area contributed by atoms with E-state index in [2.05, 4.69) is 12.1 Å². The van der Waals surface area contributed by atoms with Crippen molar-refractivity contribution in [3.8, 4) is 0 Å². The van der Waals surface area contributed by atoms with E-state index in [1.807, 2.05) is 50.8 Å². The molecule has 0 aromatic heterocycles. The summed E-state index contributed by atoms with van der Waals surface area (Å²) in [5.74, 6) is 0. The van der Waals surface area contributed by atoms with E-state index in [1.165, 1.54) is 5.56 Å². The van der Waals surface area contributed by atoms with E-state index in [-0.39, 0.29) is 23.8 Å². The average Bonchev–Trinajstić information content (AvgIpc) is 2.51. The molecule has 1 aromatic rings. The van der Waals surface area contributed by atoms with E-state index in [0.717, 1.165) is 12.8 Å². The van der Waals surface area contributed by atoms with Gasteiger partial charge >= 0.3 is 6.09 Å². The number of benzene rings is 1. The third-order valence-electron chi connectivity index (χ3n) is 4.81. The maximum Gasteiger partial charge on any atom is 0.410 e. The second-order valence-electron chi connectivity index (χ2n) is 8.26. The van der Waals surface area contributed by atoms with Crippen LogP contribution in [-0.4, -0.2) is 47.5 Å². The molecule has 1 unspecified atom stereocenters. The minimum atomic E-state index is -0.493. The molecular formula is C20H29NO4. The molecule has 1 saturated carbocycles. The number of morpholine rings is 1. The van der Waals surface area contributed by atoms with Crippen LogP contribution in [0.1, 0.15) is 46.1 Å². The van der Waals surface area contributed by atoms with E-state index < -0.39 is 5.60 Å². The summed E-state index contributed by atoms with van der Waals surface area (Å²) in [5, 5.41) is 0. The smallest absolute Gasteiger partial charge is 0.410 e. The molecule has 5 nitrogen and oxygen atoms in total. The second-order valence-corrected chi connectivity index (χ2v) is 8.26. The van der Waals surface area contributed by atoms with Crippen molar-refractivity contribution in [2.24, 2.45) is 0 Å². The van der Waals surface area contributed by atoms with Gasteiger partial charge in [0.25, 0.3) is 0 Å². The molecule has 2 aliphatic rings. The summed E-state index contributed by atoms with van der Waals surface area (Å²) >= 11 is 0. The fourth-order valence-corrected chi connectivity index (χ4v) is 3.50. The standard InChI is InChI=1S/C20H29NO4/c1-15-12-21(18(22)25-19(2,3)4)20(14-24-15)10-17(11-20)23-13-16-8-6-5-7-9-16/h5-9,15,17H,10-14H2,1-4H3/t15?,17-,20+. The lowest BCUT2D eigenvalue weighted by atomic mass is 9.72. The van der Waals surface area contributed by atoms with Crippen LogP contribution in [0.5, 0.6) is 0 Å². The third kappa shape index (κ3) is 4.33. The van der Waals surface area contributed by atoms with Crippen molar-refractivity contribution in [2.45, 2.75) is 70.5 Å². The van der Waals surface area contributed by atoms with Crippen molar-refractivity contribution >= 4 is 6.09 Å². The lowest BCUT2D eigenvalue weighted by Gasteiger charge is -2.56. The lowest BCUT2D eigenvalue weighted by molar-refractivity contribution is -0.178. The fourth-order valence-electron chi connectivity index (χ4n) is 3.50. The largest absolute Gasteiger partial charge is 0.444 e. The summed E-state index contributed by atoms with van der Waals surface area (Å²) in [4.78, 5) is 14.5. The summed E-state index contributed by atoms with van der Waals surface area (Å²) < 4.78 is 17.5. The minimum Gasteiger partial charge on any atom is -0.444 e. The zero-order valence-corrected chi connectivity index (χ0v) is 15.7. The van der Waals surface area contributed by atoms with Crippen LogP contribution < -0.4 is 0 Å². The molecule has 0 bridgehead atoms. The predicted molar refractivity (Wildman–Crippen MR) is 95.3 cm³/mol. The molecule has 3 rings (SSSR count). The number of hydrogen-bond donors (Lipinski definition) is 0. The first-order valence-corrected chi connectivity index (χ1v) is 9.05.